The first kappa shape index (κ1) is 25.7. The molecule has 1 atom stereocenters. The number of pyridine rings is 1. The fourth-order valence-corrected chi connectivity index (χ4v) is 4.03. The van der Waals surface area contributed by atoms with Gasteiger partial charge in [-0.1, -0.05) is 24.3 Å². The number of hydrogen-bond acceptors (Lipinski definition) is 6. The summed E-state index contributed by atoms with van der Waals surface area (Å²) < 4.78 is 10.6. The van der Waals surface area contributed by atoms with Gasteiger partial charge in [0.05, 0.1) is 17.4 Å². The predicted octanol–water partition coefficient (Wildman–Crippen LogP) is 5.59. The fraction of sp³-hybridized carbons (Fsp3) is 0.286. The van der Waals surface area contributed by atoms with E-state index < -0.39 is 17.8 Å². The van der Waals surface area contributed by atoms with Gasteiger partial charge in [-0.3, -0.25) is 15.1 Å². The summed E-state index contributed by atoms with van der Waals surface area (Å²) in [6.45, 7) is 5.47. The van der Waals surface area contributed by atoms with Crippen LogP contribution in [0, 0.1) is 0 Å². The second-order valence-corrected chi connectivity index (χ2v) is 9.71. The van der Waals surface area contributed by atoms with E-state index in [-0.39, 0.29) is 18.6 Å². The minimum atomic E-state index is -0.643. The summed E-state index contributed by atoms with van der Waals surface area (Å²) in [5.41, 5.74) is 3.48. The van der Waals surface area contributed by atoms with Crippen LogP contribution >= 0.6 is 0 Å². The molecule has 0 saturated carbocycles. The molecule has 9 heteroatoms. The molecule has 2 aromatic carbocycles. The summed E-state index contributed by atoms with van der Waals surface area (Å²) in [6.07, 6.45) is 3.64. The van der Waals surface area contributed by atoms with Crippen molar-refractivity contribution in [1.82, 2.24) is 10.3 Å². The number of para-hydroxylation sites is 2. The lowest BCUT2D eigenvalue weighted by Crippen LogP contribution is -2.28. The van der Waals surface area contributed by atoms with E-state index in [1.165, 1.54) is 0 Å². The molecule has 3 amide bonds. The number of alkyl carbamates (subject to hydrolysis) is 1. The van der Waals surface area contributed by atoms with Gasteiger partial charge in [-0.15, -0.1) is 0 Å². The number of amides is 3. The molecule has 1 aliphatic carbocycles. The summed E-state index contributed by atoms with van der Waals surface area (Å²) in [5, 5.41) is 8.44. The van der Waals surface area contributed by atoms with Crippen molar-refractivity contribution in [2.24, 2.45) is 0 Å². The first-order chi connectivity index (χ1) is 17.7. The smallest absolute Gasteiger partial charge is 0.412 e. The van der Waals surface area contributed by atoms with Gasteiger partial charge >= 0.3 is 12.2 Å². The molecule has 1 aromatic heterocycles. The van der Waals surface area contributed by atoms with Crippen LogP contribution in [0.3, 0.4) is 0 Å². The van der Waals surface area contributed by atoms with Gasteiger partial charge in [-0.05, 0) is 75.1 Å². The first-order valence-electron chi connectivity index (χ1n) is 12.0. The molecule has 0 saturated heterocycles. The molecular formula is C28H30N4O5. The maximum atomic E-state index is 13.0. The molecule has 0 radical (unpaired) electrons. The number of aryl methyl sites for hydroxylation is 1. The maximum Gasteiger partial charge on any atom is 0.412 e. The Balaban J connectivity index is 1.37. The van der Waals surface area contributed by atoms with Gasteiger partial charge in [-0.25, -0.2) is 9.59 Å². The molecule has 192 valence electrons. The average molecular weight is 503 g/mol. The van der Waals surface area contributed by atoms with Crippen molar-refractivity contribution in [1.29, 1.82) is 0 Å². The third-order valence-corrected chi connectivity index (χ3v) is 5.68. The molecule has 0 unspecified atom stereocenters. The second kappa shape index (κ2) is 11.1. The van der Waals surface area contributed by atoms with E-state index >= 15 is 0 Å². The van der Waals surface area contributed by atoms with Crippen molar-refractivity contribution in [3.05, 3.63) is 89.2 Å². The van der Waals surface area contributed by atoms with Crippen LogP contribution in [-0.4, -0.2) is 28.7 Å². The Morgan fingerprint density at radius 2 is 1.73 bits per heavy atom. The zero-order valence-corrected chi connectivity index (χ0v) is 21.0. The molecule has 4 rings (SSSR count). The number of carbonyl (C=O) groups excluding carboxylic acids is 3. The highest BCUT2D eigenvalue weighted by Gasteiger charge is 2.26. The normalized spacial score (nSPS) is 14.3. The number of fused-ring (bicyclic) bond motifs is 1. The topological polar surface area (TPSA) is 119 Å². The van der Waals surface area contributed by atoms with E-state index in [0.29, 0.717) is 23.4 Å². The molecule has 0 bridgehead atoms. The first-order valence-corrected chi connectivity index (χ1v) is 12.0. The molecule has 0 fully saturated rings. The van der Waals surface area contributed by atoms with Crippen molar-refractivity contribution < 1.29 is 23.9 Å². The van der Waals surface area contributed by atoms with E-state index in [2.05, 4.69) is 20.9 Å². The summed E-state index contributed by atoms with van der Waals surface area (Å²) in [4.78, 5) is 41.5. The van der Waals surface area contributed by atoms with Crippen molar-refractivity contribution >= 4 is 29.5 Å². The molecule has 3 N–H and O–H groups in total. The monoisotopic (exact) mass is 502 g/mol. The van der Waals surface area contributed by atoms with Gasteiger partial charge in [-0.2, -0.15) is 0 Å². The van der Waals surface area contributed by atoms with Crippen molar-refractivity contribution in [3.8, 4) is 0 Å². The van der Waals surface area contributed by atoms with Crippen molar-refractivity contribution in [2.75, 3.05) is 10.6 Å². The van der Waals surface area contributed by atoms with Crippen LogP contribution in [0.4, 0.5) is 21.0 Å². The van der Waals surface area contributed by atoms with Crippen LogP contribution in [0.25, 0.3) is 0 Å². The number of rotatable bonds is 6. The molecule has 3 aromatic rings. The number of carbonyl (C=O) groups is 3. The SMILES string of the molecule is CC(C)(C)OC(=O)Nc1ccccc1NC(=O)c1ccc2c(c1)CC[C@H]2NC(=O)OCc1cccnc1. The molecule has 0 spiro atoms. The Kier molecular flexibility index (Phi) is 7.71. The maximum absolute atomic E-state index is 13.0. The highest BCUT2D eigenvalue weighted by atomic mass is 16.6. The standard InChI is InChI=1S/C28H30N4O5/c1-28(2,3)37-27(35)32-24-9-5-4-8-23(24)30-25(33)20-10-12-21-19(15-20)11-13-22(21)31-26(34)36-17-18-7-6-14-29-16-18/h4-10,12,14-16,22H,11,13,17H2,1-3H3,(H,30,33)(H,31,34)(H,32,35)/t22-/m1/s1. The zero-order valence-electron chi connectivity index (χ0n) is 21.0. The number of benzene rings is 2. The summed E-state index contributed by atoms with van der Waals surface area (Å²) in [6, 6.07) is 15.8. The Labute approximate surface area is 215 Å². The van der Waals surface area contributed by atoms with E-state index in [0.717, 1.165) is 23.1 Å². The third-order valence-electron chi connectivity index (χ3n) is 5.68. The zero-order chi connectivity index (χ0) is 26.4. The summed E-state index contributed by atoms with van der Waals surface area (Å²) >= 11 is 0. The third kappa shape index (κ3) is 7.07. The lowest BCUT2D eigenvalue weighted by atomic mass is 10.0. The molecule has 1 aliphatic rings. The molecular weight excluding hydrogens is 472 g/mol. The predicted molar refractivity (Wildman–Crippen MR) is 139 cm³/mol. The largest absolute Gasteiger partial charge is 0.445 e. The van der Waals surface area contributed by atoms with Crippen LogP contribution in [0.5, 0.6) is 0 Å². The van der Waals surface area contributed by atoms with Crippen LogP contribution in [0.1, 0.15) is 60.3 Å². The Bertz CT molecular complexity index is 1290. The molecule has 37 heavy (non-hydrogen) atoms. The highest BCUT2D eigenvalue weighted by Crippen LogP contribution is 2.32. The fourth-order valence-electron chi connectivity index (χ4n) is 4.03. The Hall–Kier alpha value is -4.40. The van der Waals surface area contributed by atoms with E-state index in [1.807, 2.05) is 18.2 Å². The molecule has 1 heterocycles. The highest BCUT2D eigenvalue weighted by molar-refractivity contribution is 6.07. The number of ether oxygens (including phenoxy) is 2. The second-order valence-electron chi connectivity index (χ2n) is 9.71. The Morgan fingerprint density at radius 3 is 2.43 bits per heavy atom. The number of hydrogen-bond donors (Lipinski definition) is 3. The Morgan fingerprint density at radius 1 is 0.973 bits per heavy atom. The number of aromatic nitrogens is 1. The van der Waals surface area contributed by atoms with Gasteiger partial charge in [0, 0.05) is 23.5 Å². The van der Waals surface area contributed by atoms with Gasteiger partial charge in [0.15, 0.2) is 0 Å². The minimum absolute atomic E-state index is 0.141. The van der Waals surface area contributed by atoms with Crippen molar-refractivity contribution in [3.63, 3.8) is 0 Å². The lowest BCUT2D eigenvalue weighted by Gasteiger charge is -2.20. The van der Waals surface area contributed by atoms with Crippen LogP contribution in [-0.2, 0) is 22.5 Å². The molecule has 0 aliphatic heterocycles. The van der Waals surface area contributed by atoms with Crippen molar-refractivity contribution in [2.45, 2.75) is 51.9 Å². The van der Waals surface area contributed by atoms with E-state index in [4.69, 9.17) is 9.47 Å². The molecule has 9 nitrogen and oxygen atoms in total. The van der Waals surface area contributed by atoms with Gasteiger partial charge in [0.2, 0.25) is 0 Å². The van der Waals surface area contributed by atoms with Gasteiger partial charge in [0.1, 0.15) is 12.2 Å². The number of nitrogens with one attached hydrogen (secondary N) is 3. The lowest BCUT2D eigenvalue weighted by molar-refractivity contribution is 0.0635. The number of anilines is 2. The van der Waals surface area contributed by atoms with Crippen LogP contribution in [0.15, 0.2) is 67.0 Å². The van der Waals surface area contributed by atoms with Gasteiger partial charge < -0.3 is 20.1 Å². The van der Waals surface area contributed by atoms with E-state index in [9.17, 15) is 14.4 Å². The van der Waals surface area contributed by atoms with Gasteiger partial charge in [0.25, 0.3) is 5.91 Å². The average Bonchev–Trinajstić information content (AvgIpc) is 3.25. The minimum Gasteiger partial charge on any atom is -0.445 e. The number of nitrogens with zero attached hydrogens (tertiary/aromatic N) is 1. The van der Waals surface area contributed by atoms with Crippen LogP contribution in [0.2, 0.25) is 0 Å². The summed E-state index contributed by atoms with van der Waals surface area (Å²) in [7, 11) is 0. The quantitative estimate of drug-likeness (QED) is 0.404. The summed E-state index contributed by atoms with van der Waals surface area (Å²) in [5.74, 6) is -0.312. The van der Waals surface area contributed by atoms with E-state index in [1.54, 1.807) is 69.6 Å². The van der Waals surface area contributed by atoms with Crippen LogP contribution < -0.4 is 16.0 Å².